The van der Waals surface area contributed by atoms with Crippen molar-refractivity contribution in [1.29, 1.82) is 0 Å². The molecule has 0 radical (unpaired) electrons. The molecule has 1 aliphatic rings. The average Bonchev–Trinajstić information content (AvgIpc) is 2.82. The first-order valence-electron chi connectivity index (χ1n) is 6.28. The molecule has 0 aliphatic carbocycles. The molecule has 1 aliphatic heterocycles. The van der Waals surface area contributed by atoms with Crippen LogP contribution in [0.25, 0.3) is 0 Å². The molecule has 0 bridgehead atoms. The number of carbonyl (C=O) groups excluding carboxylic acids is 1. The highest BCUT2D eigenvalue weighted by Gasteiger charge is 2.33. The number of halogens is 1. The number of rotatable bonds is 6. The van der Waals surface area contributed by atoms with Crippen molar-refractivity contribution < 1.29 is 9.53 Å². The maximum atomic E-state index is 12.1. The van der Waals surface area contributed by atoms with E-state index in [0.717, 1.165) is 32.3 Å². The zero-order valence-corrected chi connectivity index (χ0v) is 11.6. The maximum absolute atomic E-state index is 12.1. The zero-order chi connectivity index (χ0) is 12.0. The van der Waals surface area contributed by atoms with Crippen LogP contribution in [0.5, 0.6) is 0 Å². The number of carbonyl (C=O) groups is 1. The summed E-state index contributed by atoms with van der Waals surface area (Å²) in [4.78, 5) is 12.1. The highest BCUT2D eigenvalue weighted by Crippen LogP contribution is 2.25. The molecular weight excluding hydrogens is 240 g/mol. The van der Waals surface area contributed by atoms with Crippen LogP contribution in [-0.4, -0.2) is 31.7 Å². The summed E-state index contributed by atoms with van der Waals surface area (Å²) < 4.78 is 5.47. The molecule has 0 spiro atoms. The highest BCUT2D eigenvalue weighted by atomic mass is 35.5. The molecule has 0 saturated carbocycles. The quantitative estimate of drug-likeness (QED) is 0.764. The fourth-order valence-electron chi connectivity index (χ4n) is 2.15. The van der Waals surface area contributed by atoms with Crippen molar-refractivity contribution in [3.8, 4) is 0 Å². The number of amides is 1. The Kier molecular flexibility index (Phi) is 7.75. The van der Waals surface area contributed by atoms with Crippen LogP contribution in [0.4, 0.5) is 0 Å². The van der Waals surface area contributed by atoms with Gasteiger partial charge in [-0.25, -0.2) is 0 Å². The molecule has 1 amide bonds. The first kappa shape index (κ1) is 16.7. The summed E-state index contributed by atoms with van der Waals surface area (Å²) in [5, 5.41) is 2.97. The van der Waals surface area contributed by atoms with Crippen LogP contribution in [0.3, 0.4) is 0 Å². The molecule has 3 N–H and O–H groups in total. The van der Waals surface area contributed by atoms with Crippen molar-refractivity contribution >= 4 is 18.3 Å². The first-order chi connectivity index (χ1) is 7.68. The van der Waals surface area contributed by atoms with Crippen molar-refractivity contribution in [2.24, 2.45) is 11.1 Å². The highest BCUT2D eigenvalue weighted by molar-refractivity contribution is 5.85. The van der Waals surface area contributed by atoms with Crippen molar-refractivity contribution in [3.63, 3.8) is 0 Å². The third-order valence-corrected chi connectivity index (χ3v) is 3.74. The summed E-state index contributed by atoms with van der Waals surface area (Å²) in [5.41, 5.74) is 5.33. The van der Waals surface area contributed by atoms with Crippen molar-refractivity contribution in [3.05, 3.63) is 0 Å². The number of ether oxygens (including phenoxy) is 1. The number of hydrogen-bond acceptors (Lipinski definition) is 3. The zero-order valence-electron chi connectivity index (χ0n) is 10.8. The lowest BCUT2D eigenvalue weighted by Crippen LogP contribution is -2.47. The van der Waals surface area contributed by atoms with Gasteiger partial charge in [0.2, 0.25) is 5.91 Å². The van der Waals surface area contributed by atoms with E-state index in [4.69, 9.17) is 10.5 Å². The van der Waals surface area contributed by atoms with E-state index in [2.05, 4.69) is 5.32 Å². The summed E-state index contributed by atoms with van der Waals surface area (Å²) in [6.45, 7) is 5.89. The van der Waals surface area contributed by atoms with Gasteiger partial charge in [0.15, 0.2) is 0 Å². The van der Waals surface area contributed by atoms with Gasteiger partial charge in [0.05, 0.1) is 11.5 Å². The van der Waals surface area contributed by atoms with Gasteiger partial charge in [0, 0.05) is 19.7 Å². The standard InChI is InChI=1S/C12H24N2O2.ClH/c1-3-12(4-2,9-13)11(15)14-8-10-6-5-7-16-10;/h10H,3-9,13H2,1-2H3,(H,14,15);1H. The molecule has 17 heavy (non-hydrogen) atoms. The predicted octanol–water partition coefficient (Wildman–Crippen LogP) is 1.47. The fraction of sp³-hybridized carbons (Fsp3) is 0.917. The molecular formula is C12H25ClN2O2. The predicted molar refractivity (Wildman–Crippen MR) is 71.3 cm³/mol. The first-order valence-corrected chi connectivity index (χ1v) is 6.28. The Morgan fingerprint density at radius 2 is 2.12 bits per heavy atom. The molecule has 0 aromatic rings. The van der Waals surface area contributed by atoms with Crippen LogP contribution in [-0.2, 0) is 9.53 Å². The van der Waals surface area contributed by atoms with Crippen molar-refractivity contribution in [2.75, 3.05) is 19.7 Å². The largest absolute Gasteiger partial charge is 0.376 e. The molecule has 1 heterocycles. The minimum absolute atomic E-state index is 0. The Hall–Kier alpha value is -0.320. The molecule has 1 unspecified atom stereocenters. The summed E-state index contributed by atoms with van der Waals surface area (Å²) in [6, 6.07) is 0. The van der Waals surface area contributed by atoms with Gasteiger partial charge in [0.25, 0.3) is 0 Å². The maximum Gasteiger partial charge on any atom is 0.227 e. The van der Waals surface area contributed by atoms with E-state index in [1.54, 1.807) is 0 Å². The van der Waals surface area contributed by atoms with Crippen LogP contribution >= 0.6 is 12.4 Å². The van der Waals surface area contributed by atoms with Crippen molar-refractivity contribution in [2.45, 2.75) is 45.6 Å². The van der Waals surface area contributed by atoms with E-state index in [9.17, 15) is 4.79 Å². The van der Waals surface area contributed by atoms with E-state index in [1.807, 2.05) is 13.8 Å². The molecule has 4 nitrogen and oxygen atoms in total. The normalized spacial score (nSPS) is 19.8. The molecule has 1 saturated heterocycles. The Bertz CT molecular complexity index is 218. The Labute approximate surface area is 110 Å². The third-order valence-electron chi connectivity index (χ3n) is 3.74. The SMILES string of the molecule is CCC(CC)(CN)C(=O)NCC1CCCO1.Cl. The van der Waals surface area contributed by atoms with Crippen LogP contribution in [0, 0.1) is 5.41 Å². The molecule has 102 valence electrons. The van der Waals surface area contributed by atoms with Gasteiger partial charge in [-0.1, -0.05) is 13.8 Å². The molecule has 1 atom stereocenters. The van der Waals surface area contributed by atoms with E-state index in [-0.39, 0.29) is 24.4 Å². The summed E-state index contributed by atoms with van der Waals surface area (Å²) >= 11 is 0. The van der Waals surface area contributed by atoms with Crippen LogP contribution in [0.1, 0.15) is 39.5 Å². The van der Waals surface area contributed by atoms with Gasteiger partial charge in [0.1, 0.15) is 0 Å². The lowest BCUT2D eigenvalue weighted by atomic mass is 9.81. The Balaban J connectivity index is 0.00000256. The van der Waals surface area contributed by atoms with Gasteiger partial charge >= 0.3 is 0 Å². The Morgan fingerprint density at radius 1 is 1.47 bits per heavy atom. The summed E-state index contributed by atoms with van der Waals surface area (Å²) in [7, 11) is 0. The topological polar surface area (TPSA) is 64.4 Å². The fourth-order valence-corrected chi connectivity index (χ4v) is 2.15. The van der Waals surface area contributed by atoms with E-state index in [1.165, 1.54) is 0 Å². The van der Waals surface area contributed by atoms with Gasteiger partial charge in [-0.2, -0.15) is 0 Å². The monoisotopic (exact) mass is 264 g/mol. The van der Waals surface area contributed by atoms with E-state index in [0.29, 0.717) is 13.1 Å². The minimum Gasteiger partial charge on any atom is -0.376 e. The average molecular weight is 265 g/mol. The Morgan fingerprint density at radius 3 is 2.53 bits per heavy atom. The van der Waals surface area contributed by atoms with Gasteiger partial charge in [-0.05, 0) is 25.7 Å². The van der Waals surface area contributed by atoms with Gasteiger partial charge < -0.3 is 15.8 Å². The van der Waals surface area contributed by atoms with E-state index >= 15 is 0 Å². The second kappa shape index (κ2) is 7.90. The van der Waals surface area contributed by atoms with Gasteiger partial charge in [-0.3, -0.25) is 4.79 Å². The smallest absolute Gasteiger partial charge is 0.227 e. The lowest BCUT2D eigenvalue weighted by Gasteiger charge is -2.29. The summed E-state index contributed by atoms with van der Waals surface area (Å²) in [6.07, 6.45) is 3.93. The summed E-state index contributed by atoms with van der Waals surface area (Å²) in [5.74, 6) is 0.0792. The van der Waals surface area contributed by atoms with Crippen LogP contribution in [0.2, 0.25) is 0 Å². The molecule has 0 aromatic carbocycles. The van der Waals surface area contributed by atoms with Crippen LogP contribution < -0.4 is 11.1 Å². The lowest BCUT2D eigenvalue weighted by molar-refractivity contribution is -0.131. The number of nitrogens with one attached hydrogen (secondary N) is 1. The molecule has 0 aromatic heterocycles. The number of nitrogens with two attached hydrogens (primary N) is 1. The van der Waals surface area contributed by atoms with E-state index < -0.39 is 5.41 Å². The molecule has 5 heteroatoms. The third kappa shape index (κ3) is 4.12. The molecule has 1 rings (SSSR count). The van der Waals surface area contributed by atoms with Gasteiger partial charge in [-0.15, -0.1) is 12.4 Å². The minimum atomic E-state index is -0.390. The second-order valence-corrected chi connectivity index (χ2v) is 4.54. The number of hydrogen-bond donors (Lipinski definition) is 2. The second-order valence-electron chi connectivity index (χ2n) is 4.54. The van der Waals surface area contributed by atoms with Crippen LogP contribution in [0.15, 0.2) is 0 Å². The van der Waals surface area contributed by atoms with Crippen molar-refractivity contribution in [1.82, 2.24) is 5.32 Å². The molecule has 1 fully saturated rings.